The van der Waals surface area contributed by atoms with Gasteiger partial charge in [0.15, 0.2) is 5.78 Å². The van der Waals surface area contributed by atoms with E-state index in [4.69, 9.17) is 0 Å². The van der Waals surface area contributed by atoms with Crippen molar-refractivity contribution in [2.24, 2.45) is 0 Å². The van der Waals surface area contributed by atoms with Crippen LogP contribution in [0.4, 0.5) is 8.78 Å². The maximum Gasteiger partial charge on any atom is 0.261 e. The van der Waals surface area contributed by atoms with Crippen molar-refractivity contribution in [2.45, 2.75) is 13.3 Å². The fraction of sp³-hybridized carbons (Fsp3) is 0.364. The molecule has 1 aromatic carbocycles. The lowest BCUT2D eigenvalue weighted by molar-refractivity contribution is 0.0196. The summed E-state index contributed by atoms with van der Waals surface area (Å²) in [5.74, 6) is -0.270. The van der Waals surface area contributed by atoms with Gasteiger partial charge in [-0.3, -0.25) is 4.79 Å². The minimum absolute atomic E-state index is 0.270. The van der Waals surface area contributed by atoms with Gasteiger partial charge in [0.25, 0.3) is 6.43 Å². The molecule has 1 aromatic rings. The Morgan fingerprint density at radius 1 is 1.40 bits per heavy atom. The van der Waals surface area contributed by atoms with E-state index in [-0.39, 0.29) is 12.4 Å². The van der Waals surface area contributed by atoms with Gasteiger partial charge in [-0.05, 0) is 12.5 Å². The standard InChI is InChI=1S/C11H12F2O2/c1-8-4-2-3-5-9(8)10(14)6-15-7-11(12)13/h2-5,11H,6-7H2,1H3. The van der Waals surface area contributed by atoms with E-state index in [1.165, 1.54) is 0 Å². The summed E-state index contributed by atoms with van der Waals surface area (Å²) in [6.07, 6.45) is -2.53. The second-order valence-corrected chi connectivity index (χ2v) is 3.14. The largest absolute Gasteiger partial charge is 0.367 e. The van der Waals surface area contributed by atoms with Crippen molar-refractivity contribution in [3.05, 3.63) is 35.4 Å². The molecule has 0 N–H and O–H groups in total. The van der Waals surface area contributed by atoms with Crippen LogP contribution in [0.2, 0.25) is 0 Å². The fourth-order valence-electron chi connectivity index (χ4n) is 1.20. The molecule has 0 spiro atoms. The second-order valence-electron chi connectivity index (χ2n) is 3.14. The first kappa shape index (κ1) is 11.8. The van der Waals surface area contributed by atoms with Crippen LogP contribution in [-0.2, 0) is 4.74 Å². The summed E-state index contributed by atoms with van der Waals surface area (Å²) in [4.78, 5) is 11.5. The van der Waals surface area contributed by atoms with E-state index < -0.39 is 13.0 Å². The van der Waals surface area contributed by atoms with Gasteiger partial charge in [0.1, 0.15) is 13.2 Å². The van der Waals surface area contributed by atoms with Crippen LogP contribution < -0.4 is 0 Å². The normalized spacial score (nSPS) is 10.7. The van der Waals surface area contributed by atoms with Crippen LogP contribution in [0, 0.1) is 6.92 Å². The van der Waals surface area contributed by atoms with Crippen LogP contribution in [0.5, 0.6) is 0 Å². The van der Waals surface area contributed by atoms with Crippen molar-refractivity contribution in [1.29, 1.82) is 0 Å². The SMILES string of the molecule is Cc1ccccc1C(=O)COCC(F)F. The molecule has 0 saturated heterocycles. The molecule has 15 heavy (non-hydrogen) atoms. The summed E-state index contributed by atoms with van der Waals surface area (Å²) < 4.78 is 28.0. The first-order valence-corrected chi connectivity index (χ1v) is 4.56. The van der Waals surface area contributed by atoms with Crippen LogP contribution in [0.3, 0.4) is 0 Å². The molecule has 4 heteroatoms. The zero-order chi connectivity index (χ0) is 11.3. The molecule has 0 aliphatic rings. The summed E-state index contributed by atoms with van der Waals surface area (Å²) in [6, 6.07) is 6.99. The molecular weight excluding hydrogens is 202 g/mol. The molecule has 0 radical (unpaired) electrons. The van der Waals surface area contributed by atoms with Gasteiger partial charge < -0.3 is 4.74 Å². The zero-order valence-electron chi connectivity index (χ0n) is 8.37. The number of halogens is 2. The Hall–Kier alpha value is -1.29. The van der Waals surface area contributed by atoms with Gasteiger partial charge in [-0.15, -0.1) is 0 Å². The van der Waals surface area contributed by atoms with Crippen molar-refractivity contribution in [3.8, 4) is 0 Å². The van der Waals surface area contributed by atoms with Crippen molar-refractivity contribution in [2.75, 3.05) is 13.2 Å². The zero-order valence-corrected chi connectivity index (χ0v) is 8.37. The summed E-state index contributed by atoms with van der Waals surface area (Å²) in [6.45, 7) is 0.799. The molecular formula is C11H12F2O2. The van der Waals surface area contributed by atoms with E-state index in [9.17, 15) is 13.6 Å². The maximum absolute atomic E-state index is 11.7. The number of carbonyl (C=O) groups excluding carboxylic acids is 1. The predicted molar refractivity (Wildman–Crippen MR) is 52.3 cm³/mol. The van der Waals surface area contributed by atoms with Gasteiger partial charge in [0.05, 0.1) is 0 Å². The number of hydrogen-bond acceptors (Lipinski definition) is 2. The number of ether oxygens (including phenoxy) is 1. The summed E-state index contributed by atoms with van der Waals surface area (Å²) in [5.41, 5.74) is 1.34. The van der Waals surface area contributed by atoms with Crippen LogP contribution in [-0.4, -0.2) is 25.4 Å². The van der Waals surface area contributed by atoms with Crippen molar-refractivity contribution in [3.63, 3.8) is 0 Å². The Bertz CT molecular complexity index is 337. The minimum atomic E-state index is -2.53. The van der Waals surface area contributed by atoms with Crippen molar-refractivity contribution >= 4 is 5.78 Å². The molecule has 0 fully saturated rings. The number of aryl methyl sites for hydroxylation is 1. The number of rotatable bonds is 5. The highest BCUT2D eigenvalue weighted by molar-refractivity contribution is 5.98. The topological polar surface area (TPSA) is 26.3 Å². The molecule has 0 aliphatic heterocycles. The average molecular weight is 214 g/mol. The highest BCUT2D eigenvalue weighted by Gasteiger charge is 2.10. The van der Waals surface area contributed by atoms with E-state index in [1.807, 2.05) is 6.07 Å². The van der Waals surface area contributed by atoms with E-state index in [2.05, 4.69) is 4.74 Å². The number of alkyl halides is 2. The first-order valence-electron chi connectivity index (χ1n) is 4.56. The highest BCUT2D eigenvalue weighted by atomic mass is 19.3. The van der Waals surface area contributed by atoms with Gasteiger partial charge in [0.2, 0.25) is 0 Å². The van der Waals surface area contributed by atoms with E-state index in [0.717, 1.165) is 5.56 Å². The Morgan fingerprint density at radius 3 is 2.67 bits per heavy atom. The smallest absolute Gasteiger partial charge is 0.261 e. The lowest BCUT2D eigenvalue weighted by Gasteiger charge is -2.05. The van der Waals surface area contributed by atoms with E-state index in [1.54, 1.807) is 25.1 Å². The van der Waals surface area contributed by atoms with Gasteiger partial charge in [-0.25, -0.2) is 8.78 Å². The number of hydrogen-bond donors (Lipinski definition) is 0. The Labute approximate surface area is 86.9 Å². The van der Waals surface area contributed by atoms with E-state index in [0.29, 0.717) is 5.56 Å². The molecule has 0 heterocycles. The quantitative estimate of drug-likeness (QED) is 0.704. The Balaban J connectivity index is 2.51. The molecule has 0 amide bonds. The molecule has 0 atom stereocenters. The number of Topliss-reactive ketones (excluding diaryl/α,β-unsaturated/α-hetero) is 1. The molecule has 0 saturated carbocycles. The van der Waals surface area contributed by atoms with Crippen molar-refractivity contribution in [1.82, 2.24) is 0 Å². The van der Waals surface area contributed by atoms with Gasteiger partial charge in [-0.2, -0.15) is 0 Å². The predicted octanol–water partition coefficient (Wildman–Crippen LogP) is 2.46. The highest BCUT2D eigenvalue weighted by Crippen LogP contribution is 2.08. The molecule has 1 rings (SSSR count). The number of benzene rings is 1. The summed E-state index contributed by atoms with van der Waals surface area (Å²) in [7, 11) is 0. The van der Waals surface area contributed by atoms with Gasteiger partial charge >= 0.3 is 0 Å². The van der Waals surface area contributed by atoms with Crippen molar-refractivity contribution < 1.29 is 18.3 Å². The minimum Gasteiger partial charge on any atom is -0.367 e. The monoisotopic (exact) mass is 214 g/mol. The second kappa shape index (κ2) is 5.56. The third-order valence-electron chi connectivity index (χ3n) is 1.92. The van der Waals surface area contributed by atoms with Gasteiger partial charge in [-0.1, -0.05) is 24.3 Å². The third kappa shape index (κ3) is 3.75. The Morgan fingerprint density at radius 2 is 2.07 bits per heavy atom. The molecule has 82 valence electrons. The molecule has 0 aliphatic carbocycles. The van der Waals surface area contributed by atoms with Crippen LogP contribution in [0.25, 0.3) is 0 Å². The summed E-state index contributed by atoms with van der Waals surface area (Å²) in [5, 5.41) is 0. The lowest BCUT2D eigenvalue weighted by atomic mass is 10.1. The number of ketones is 1. The first-order chi connectivity index (χ1) is 7.11. The van der Waals surface area contributed by atoms with Gasteiger partial charge in [0, 0.05) is 5.56 Å². The maximum atomic E-state index is 11.7. The molecule has 0 unspecified atom stereocenters. The number of carbonyl (C=O) groups is 1. The average Bonchev–Trinajstić information content (AvgIpc) is 2.17. The van der Waals surface area contributed by atoms with E-state index >= 15 is 0 Å². The molecule has 0 bridgehead atoms. The molecule has 0 aromatic heterocycles. The fourth-order valence-corrected chi connectivity index (χ4v) is 1.20. The van der Waals surface area contributed by atoms with Crippen LogP contribution >= 0.6 is 0 Å². The Kier molecular flexibility index (Phi) is 4.37. The summed E-state index contributed by atoms with van der Waals surface area (Å²) >= 11 is 0. The van der Waals surface area contributed by atoms with Crippen LogP contribution in [0.15, 0.2) is 24.3 Å². The third-order valence-corrected chi connectivity index (χ3v) is 1.92. The van der Waals surface area contributed by atoms with Crippen LogP contribution in [0.1, 0.15) is 15.9 Å². The molecule has 2 nitrogen and oxygen atoms in total. The lowest BCUT2D eigenvalue weighted by Crippen LogP contribution is -2.14.